The number of nitrogens with one attached hydrogen (secondary N) is 1. The zero-order valence-electron chi connectivity index (χ0n) is 16.0. The first kappa shape index (κ1) is 22.4. The lowest BCUT2D eigenvalue weighted by Crippen LogP contribution is -2.40. The summed E-state index contributed by atoms with van der Waals surface area (Å²) in [7, 11) is 5.55. The molecule has 1 aliphatic carbocycles. The minimum atomic E-state index is 0. The number of halogens is 2. The first-order valence-corrected chi connectivity index (χ1v) is 9.94. The lowest BCUT2D eigenvalue weighted by molar-refractivity contribution is 0.119. The normalized spacial score (nSPS) is 20.0. The van der Waals surface area contributed by atoms with Crippen LogP contribution in [0.1, 0.15) is 41.6 Å². The molecular formula is C19H26ClIN4OS. The van der Waals surface area contributed by atoms with Crippen LogP contribution < -0.4 is 5.32 Å². The summed E-state index contributed by atoms with van der Waals surface area (Å²) in [6.07, 6.45) is 1.13. The standard InChI is InChI=1S/C19H25ClN4OS.HI/c1-12(25-4)18-22-15(11-26-18)10-24(3)19(21-2)23-17-9-16(17)13-6-5-7-14(20)8-13;/h5-8,11-12,16-17H,9-10H2,1-4H3,(H,21,23);1H. The van der Waals surface area contributed by atoms with Crippen LogP contribution in [0.15, 0.2) is 34.6 Å². The van der Waals surface area contributed by atoms with Gasteiger partial charge < -0.3 is 15.0 Å². The van der Waals surface area contributed by atoms with E-state index >= 15 is 0 Å². The third-order valence-corrected chi connectivity index (χ3v) is 5.91. The van der Waals surface area contributed by atoms with E-state index < -0.39 is 0 Å². The van der Waals surface area contributed by atoms with E-state index in [1.54, 1.807) is 18.4 Å². The van der Waals surface area contributed by atoms with Gasteiger partial charge in [-0.2, -0.15) is 0 Å². The molecule has 27 heavy (non-hydrogen) atoms. The van der Waals surface area contributed by atoms with Crippen molar-refractivity contribution in [3.63, 3.8) is 0 Å². The highest BCUT2D eigenvalue weighted by molar-refractivity contribution is 14.0. The van der Waals surface area contributed by atoms with Crippen molar-refractivity contribution in [2.75, 3.05) is 21.2 Å². The summed E-state index contributed by atoms with van der Waals surface area (Å²) in [6, 6.07) is 8.51. The first-order chi connectivity index (χ1) is 12.5. The van der Waals surface area contributed by atoms with Crippen LogP contribution in [-0.4, -0.2) is 43.1 Å². The number of methoxy groups -OCH3 is 1. The summed E-state index contributed by atoms with van der Waals surface area (Å²) in [6.45, 7) is 2.72. The molecule has 3 unspecified atom stereocenters. The van der Waals surface area contributed by atoms with Crippen LogP contribution in [0.3, 0.4) is 0 Å². The smallest absolute Gasteiger partial charge is 0.193 e. The van der Waals surface area contributed by atoms with Gasteiger partial charge in [0, 0.05) is 43.6 Å². The fourth-order valence-electron chi connectivity index (χ4n) is 2.97. The largest absolute Gasteiger partial charge is 0.375 e. The minimum Gasteiger partial charge on any atom is -0.375 e. The van der Waals surface area contributed by atoms with Crippen LogP contribution in [0.2, 0.25) is 5.02 Å². The fourth-order valence-corrected chi connectivity index (χ4v) is 4.01. The number of nitrogens with zero attached hydrogens (tertiary/aromatic N) is 3. The molecule has 1 aromatic carbocycles. The molecule has 3 rings (SSSR count). The third-order valence-electron chi connectivity index (χ3n) is 4.63. The Kier molecular flexibility index (Phi) is 8.33. The molecule has 0 radical (unpaired) electrons. The van der Waals surface area contributed by atoms with Crippen molar-refractivity contribution >= 4 is 52.9 Å². The van der Waals surface area contributed by atoms with Gasteiger partial charge in [0.05, 0.1) is 12.2 Å². The van der Waals surface area contributed by atoms with Crippen LogP contribution in [0, 0.1) is 0 Å². The molecule has 1 saturated carbocycles. The van der Waals surface area contributed by atoms with E-state index in [1.165, 1.54) is 5.56 Å². The van der Waals surface area contributed by atoms with Gasteiger partial charge in [-0.15, -0.1) is 35.3 Å². The first-order valence-electron chi connectivity index (χ1n) is 8.68. The van der Waals surface area contributed by atoms with Crippen molar-refractivity contribution in [3.8, 4) is 0 Å². The van der Waals surface area contributed by atoms with Gasteiger partial charge in [0.15, 0.2) is 5.96 Å². The van der Waals surface area contributed by atoms with E-state index in [0.717, 1.165) is 28.1 Å². The van der Waals surface area contributed by atoms with Gasteiger partial charge in [-0.05, 0) is 31.0 Å². The maximum Gasteiger partial charge on any atom is 0.193 e. The number of ether oxygens (including phenoxy) is 1. The topological polar surface area (TPSA) is 49.8 Å². The quantitative estimate of drug-likeness (QED) is 0.341. The molecular weight excluding hydrogens is 495 g/mol. The van der Waals surface area contributed by atoms with Gasteiger partial charge >= 0.3 is 0 Å². The van der Waals surface area contributed by atoms with E-state index in [-0.39, 0.29) is 30.1 Å². The number of benzene rings is 1. The van der Waals surface area contributed by atoms with Crippen LogP contribution in [0.4, 0.5) is 0 Å². The van der Waals surface area contributed by atoms with Gasteiger partial charge in [0.25, 0.3) is 0 Å². The molecule has 1 heterocycles. The zero-order valence-corrected chi connectivity index (χ0v) is 19.9. The second-order valence-corrected chi connectivity index (χ2v) is 7.93. The van der Waals surface area contributed by atoms with E-state index in [9.17, 15) is 0 Å². The van der Waals surface area contributed by atoms with Gasteiger partial charge in [-0.1, -0.05) is 23.7 Å². The van der Waals surface area contributed by atoms with Crippen molar-refractivity contribution < 1.29 is 4.74 Å². The Labute approximate surface area is 187 Å². The number of hydrogen-bond donors (Lipinski definition) is 1. The van der Waals surface area contributed by atoms with Gasteiger partial charge in [-0.25, -0.2) is 4.98 Å². The van der Waals surface area contributed by atoms with E-state index in [0.29, 0.717) is 18.5 Å². The summed E-state index contributed by atoms with van der Waals surface area (Å²) in [4.78, 5) is 11.2. The molecule has 3 atom stereocenters. The summed E-state index contributed by atoms with van der Waals surface area (Å²) in [5.74, 6) is 1.38. The SMILES string of the molecule is CN=C(NC1CC1c1cccc(Cl)c1)N(C)Cc1csc(C(C)OC)n1.I. The van der Waals surface area contributed by atoms with Gasteiger partial charge in [-0.3, -0.25) is 4.99 Å². The number of rotatable bonds is 6. The molecule has 1 fully saturated rings. The number of aliphatic imine (C=N–C) groups is 1. The lowest BCUT2D eigenvalue weighted by Gasteiger charge is -2.21. The molecule has 2 aromatic rings. The second-order valence-electron chi connectivity index (χ2n) is 6.61. The predicted molar refractivity (Wildman–Crippen MR) is 124 cm³/mol. The summed E-state index contributed by atoms with van der Waals surface area (Å²) in [5.41, 5.74) is 2.31. The summed E-state index contributed by atoms with van der Waals surface area (Å²) in [5, 5.41) is 7.43. The third kappa shape index (κ3) is 5.79. The number of guanidine groups is 1. The Morgan fingerprint density at radius 1 is 1.52 bits per heavy atom. The van der Waals surface area contributed by atoms with Crippen molar-refractivity contribution in [3.05, 3.63) is 50.9 Å². The van der Waals surface area contributed by atoms with Gasteiger partial charge in [0.2, 0.25) is 0 Å². The number of aromatic nitrogens is 1. The van der Waals surface area contributed by atoms with E-state index in [4.69, 9.17) is 16.3 Å². The Morgan fingerprint density at radius 2 is 2.30 bits per heavy atom. The average Bonchev–Trinajstić information content (AvgIpc) is 3.26. The number of thiazole rings is 1. The molecule has 0 spiro atoms. The molecule has 0 amide bonds. The van der Waals surface area contributed by atoms with Crippen LogP contribution in [0.25, 0.3) is 0 Å². The molecule has 0 bridgehead atoms. The molecule has 8 heteroatoms. The molecule has 1 aliphatic rings. The van der Waals surface area contributed by atoms with Crippen LogP contribution in [0.5, 0.6) is 0 Å². The molecule has 148 valence electrons. The molecule has 0 saturated heterocycles. The molecule has 1 N–H and O–H groups in total. The van der Waals surface area contributed by atoms with Crippen molar-refractivity contribution in [2.24, 2.45) is 4.99 Å². The second kappa shape index (κ2) is 10.0. The predicted octanol–water partition coefficient (Wildman–Crippen LogP) is 4.69. The van der Waals surface area contributed by atoms with Crippen molar-refractivity contribution in [1.29, 1.82) is 0 Å². The Balaban J connectivity index is 0.00000261. The summed E-state index contributed by atoms with van der Waals surface area (Å²) < 4.78 is 5.34. The fraction of sp³-hybridized carbons (Fsp3) is 0.474. The lowest BCUT2D eigenvalue weighted by atomic mass is 10.1. The highest BCUT2D eigenvalue weighted by Gasteiger charge is 2.39. The Morgan fingerprint density at radius 3 is 2.96 bits per heavy atom. The highest BCUT2D eigenvalue weighted by atomic mass is 127. The van der Waals surface area contributed by atoms with Crippen LogP contribution >= 0.6 is 46.9 Å². The minimum absolute atomic E-state index is 0. The Bertz CT molecular complexity index is 785. The maximum atomic E-state index is 6.11. The molecule has 5 nitrogen and oxygen atoms in total. The molecule has 1 aromatic heterocycles. The van der Waals surface area contributed by atoms with E-state index in [1.807, 2.05) is 39.2 Å². The highest BCUT2D eigenvalue weighted by Crippen LogP contribution is 2.41. The van der Waals surface area contributed by atoms with Crippen molar-refractivity contribution in [1.82, 2.24) is 15.2 Å². The van der Waals surface area contributed by atoms with E-state index in [2.05, 4.69) is 31.6 Å². The zero-order chi connectivity index (χ0) is 18.7. The monoisotopic (exact) mass is 520 g/mol. The number of hydrogen-bond acceptors (Lipinski definition) is 4. The van der Waals surface area contributed by atoms with Gasteiger partial charge in [0.1, 0.15) is 11.1 Å². The molecule has 0 aliphatic heterocycles. The average molecular weight is 521 g/mol. The van der Waals surface area contributed by atoms with Crippen LogP contribution in [-0.2, 0) is 11.3 Å². The van der Waals surface area contributed by atoms with Crippen molar-refractivity contribution in [2.45, 2.75) is 38.0 Å². The maximum absolute atomic E-state index is 6.11. The Hall–Kier alpha value is -0.900. The summed E-state index contributed by atoms with van der Waals surface area (Å²) >= 11 is 7.74.